The molecule has 0 atom stereocenters. The molecule has 0 aliphatic carbocycles. The van der Waals surface area contributed by atoms with Gasteiger partial charge in [-0.05, 0) is 66.7 Å². The quantitative estimate of drug-likeness (QED) is 0.589. The van der Waals surface area contributed by atoms with E-state index in [0.717, 1.165) is 47.4 Å². The number of amides is 1. The Kier molecular flexibility index (Phi) is 5.96. The summed E-state index contributed by atoms with van der Waals surface area (Å²) in [6.45, 7) is 6.28. The molecule has 1 saturated heterocycles. The molecule has 1 fully saturated rings. The molecular weight excluding hydrogens is 461 g/mol. The van der Waals surface area contributed by atoms with Crippen molar-refractivity contribution in [3.63, 3.8) is 0 Å². The van der Waals surface area contributed by atoms with Crippen molar-refractivity contribution in [2.45, 2.75) is 31.1 Å². The zero-order valence-corrected chi connectivity index (χ0v) is 20.4. The summed E-state index contributed by atoms with van der Waals surface area (Å²) in [6.07, 6.45) is 3.63. The highest BCUT2D eigenvalue weighted by atomic mass is 32.2. The van der Waals surface area contributed by atoms with Gasteiger partial charge in [-0.2, -0.15) is 8.42 Å². The third-order valence-corrected chi connectivity index (χ3v) is 8.27. The molecule has 0 radical (unpaired) electrons. The van der Waals surface area contributed by atoms with E-state index in [1.807, 2.05) is 25.3 Å². The summed E-state index contributed by atoms with van der Waals surface area (Å²) < 4.78 is 42.4. The Labute approximate surface area is 197 Å². The van der Waals surface area contributed by atoms with Crippen LogP contribution < -0.4 is 4.90 Å². The third-order valence-electron chi connectivity index (χ3n) is 5.85. The number of hydrogen-bond donors (Lipinski definition) is 0. The van der Waals surface area contributed by atoms with Gasteiger partial charge in [-0.3, -0.25) is 9.69 Å². The van der Waals surface area contributed by atoms with Crippen LogP contribution in [0.25, 0.3) is 0 Å². The lowest BCUT2D eigenvalue weighted by Gasteiger charge is -2.23. The molecule has 2 aliphatic heterocycles. The second kappa shape index (κ2) is 8.46. The van der Waals surface area contributed by atoms with Gasteiger partial charge in [0.1, 0.15) is 5.82 Å². The Morgan fingerprint density at radius 3 is 2.39 bits per heavy atom. The molecule has 6 nitrogen and oxygen atoms in total. The van der Waals surface area contributed by atoms with E-state index in [1.165, 1.54) is 10.5 Å². The number of amidine groups is 1. The molecular formula is C24H24FN3O3S2. The van der Waals surface area contributed by atoms with Crippen molar-refractivity contribution in [3.8, 4) is 0 Å². The fourth-order valence-electron chi connectivity index (χ4n) is 4.09. The number of sulfonamides is 1. The smallest absolute Gasteiger partial charge is 0.284 e. The summed E-state index contributed by atoms with van der Waals surface area (Å²) in [5.74, 6) is -0.842. The molecule has 2 aromatic rings. The van der Waals surface area contributed by atoms with Gasteiger partial charge in [-0.1, -0.05) is 32.0 Å². The van der Waals surface area contributed by atoms with Crippen LogP contribution in [0.15, 0.2) is 80.6 Å². The molecule has 0 unspecified atom stereocenters. The zero-order chi connectivity index (χ0) is 24.0. The molecule has 2 heterocycles. The van der Waals surface area contributed by atoms with Crippen molar-refractivity contribution in [1.82, 2.24) is 4.90 Å². The number of thioether (sulfide) groups is 1. The minimum absolute atomic E-state index is 0.0822. The third kappa shape index (κ3) is 4.11. The SMILES string of the molecule is CCN1C(=O)/C(=C/C=C2/N(C)c3ccccc3C2(C)C)SC1=NS(=O)(=O)c1ccc(F)cc1. The van der Waals surface area contributed by atoms with Gasteiger partial charge in [0, 0.05) is 30.4 Å². The monoisotopic (exact) mass is 485 g/mol. The molecule has 33 heavy (non-hydrogen) atoms. The topological polar surface area (TPSA) is 70.1 Å². The second-order valence-corrected chi connectivity index (χ2v) is 10.9. The number of rotatable bonds is 4. The van der Waals surface area contributed by atoms with Crippen molar-refractivity contribution in [2.24, 2.45) is 4.40 Å². The number of halogens is 1. The number of hydrogen-bond acceptors (Lipinski definition) is 5. The largest absolute Gasteiger partial charge is 0.347 e. The van der Waals surface area contributed by atoms with E-state index < -0.39 is 15.8 Å². The van der Waals surface area contributed by atoms with E-state index in [4.69, 9.17) is 0 Å². The maximum absolute atomic E-state index is 13.2. The Bertz CT molecular complexity index is 1310. The van der Waals surface area contributed by atoms with E-state index in [9.17, 15) is 17.6 Å². The summed E-state index contributed by atoms with van der Waals surface area (Å²) in [5, 5.41) is 0.0822. The van der Waals surface area contributed by atoms with Crippen molar-refractivity contribution in [1.29, 1.82) is 0 Å². The van der Waals surface area contributed by atoms with Crippen molar-refractivity contribution < 1.29 is 17.6 Å². The highest BCUT2D eigenvalue weighted by molar-refractivity contribution is 8.19. The number of benzene rings is 2. The van der Waals surface area contributed by atoms with Crippen LogP contribution >= 0.6 is 11.8 Å². The van der Waals surface area contributed by atoms with Gasteiger partial charge in [0.15, 0.2) is 5.17 Å². The van der Waals surface area contributed by atoms with Crippen LogP contribution in [-0.4, -0.2) is 38.0 Å². The second-order valence-electron chi connectivity index (χ2n) is 8.24. The number of para-hydroxylation sites is 1. The summed E-state index contributed by atoms with van der Waals surface area (Å²) in [5.41, 5.74) is 3.09. The van der Waals surface area contributed by atoms with Gasteiger partial charge in [0.25, 0.3) is 15.9 Å². The number of anilines is 1. The highest BCUT2D eigenvalue weighted by Crippen LogP contribution is 2.46. The van der Waals surface area contributed by atoms with Gasteiger partial charge < -0.3 is 4.90 Å². The van der Waals surface area contributed by atoms with Crippen LogP contribution in [0.1, 0.15) is 26.3 Å². The summed E-state index contributed by atoms with van der Waals surface area (Å²) in [4.78, 5) is 16.6. The Morgan fingerprint density at radius 1 is 1.09 bits per heavy atom. The fourth-order valence-corrected chi connectivity index (χ4v) is 6.27. The van der Waals surface area contributed by atoms with Gasteiger partial charge >= 0.3 is 0 Å². The maximum atomic E-state index is 13.2. The van der Waals surface area contributed by atoms with Gasteiger partial charge in [0.05, 0.1) is 9.80 Å². The fraction of sp³-hybridized carbons (Fsp3) is 0.250. The number of carbonyl (C=O) groups is 1. The molecule has 2 aromatic carbocycles. The number of likely N-dealkylation sites (N-methyl/N-ethyl adjacent to an activating group) is 2. The van der Waals surface area contributed by atoms with Crippen LogP contribution in [0.5, 0.6) is 0 Å². The minimum atomic E-state index is -4.09. The van der Waals surface area contributed by atoms with Crippen LogP contribution in [0.3, 0.4) is 0 Å². The Hall–Kier alpha value is -2.91. The standard InChI is InChI=1S/C24H24FN3O3S2/c1-5-28-22(29)20(32-23(28)26-33(30,31)17-12-10-16(25)11-13-17)14-15-21-24(2,3)18-8-6-7-9-19(18)27(21)4/h6-15H,5H2,1-4H3/b20-14-,21-15+,26-23?. The normalized spacial score (nSPS) is 21.5. The number of nitrogens with zero attached hydrogens (tertiary/aromatic N) is 3. The summed E-state index contributed by atoms with van der Waals surface area (Å²) in [6, 6.07) is 12.6. The highest BCUT2D eigenvalue weighted by Gasteiger charge is 2.38. The predicted molar refractivity (Wildman–Crippen MR) is 130 cm³/mol. The van der Waals surface area contributed by atoms with E-state index in [1.54, 1.807) is 13.0 Å². The number of carbonyl (C=O) groups excluding carboxylic acids is 1. The molecule has 172 valence electrons. The molecule has 0 aromatic heterocycles. The summed E-state index contributed by atoms with van der Waals surface area (Å²) >= 11 is 1.02. The number of allylic oxidation sites excluding steroid dienone is 3. The van der Waals surface area contributed by atoms with Crippen LogP contribution in [0.2, 0.25) is 0 Å². The Balaban J connectivity index is 1.68. The predicted octanol–water partition coefficient (Wildman–Crippen LogP) is 4.66. The first-order chi connectivity index (χ1) is 15.6. The maximum Gasteiger partial charge on any atom is 0.284 e. The van der Waals surface area contributed by atoms with E-state index >= 15 is 0 Å². The lowest BCUT2D eigenvalue weighted by atomic mass is 9.84. The van der Waals surface area contributed by atoms with E-state index in [0.29, 0.717) is 4.91 Å². The molecule has 0 N–H and O–H groups in total. The average molecular weight is 486 g/mol. The lowest BCUT2D eigenvalue weighted by molar-refractivity contribution is -0.122. The van der Waals surface area contributed by atoms with Gasteiger partial charge in [-0.25, -0.2) is 4.39 Å². The summed E-state index contributed by atoms with van der Waals surface area (Å²) in [7, 11) is -2.10. The molecule has 1 amide bonds. The first kappa shape index (κ1) is 23.3. The van der Waals surface area contributed by atoms with Crippen molar-refractivity contribution in [3.05, 3.63) is 82.7 Å². The molecule has 0 bridgehead atoms. The molecule has 0 spiro atoms. The number of fused-ring (bicyclic) bond motifs is 1. The minimum Gasteiger partial charge on any atom is -0.347 e. The van der Waals surface area contributed by atoms with E-state index in [-0.39, 0.29) is 27.9 Å². The van der Waals surface area contributed by atoms with E-state index in [2.05, 4.69) is 35.3 Å². The molecule has 0 saturated carbocycles. The first-order valence-corrected chi connectivity index (χ1v) is 12.7. The first-order valence-electron chi connectivity index (χ1n) is 10.4. The van der Waals surface area contributed by atoms with Crippen molar-refractivity contribution >= 4 is 38.5 Å². The lowest BCUT2D eigenvalue weighted by Crippen LogP contribution is -2.29. The molecule has 2 aliphatic rings. The van der Waals surface area contributed by atoms with Crippen LogP contribution in [0.4, 0.5) is 10.1 Å². The van der Waals surface area contributed by atoms with Crippen molar-refractivity contribution in [2.75, 3.05) is 18.5 Å². The van der Waals surface area contributed by atoms with Crippen LogP contribution in [-0.2, 0) is 20.2 Å². The molecule has 4 rings (SSSR count). The van der Waals surface area contributed by atoms with Crippen LogP contribution in [0, 0.1) is 5.82 Å². The zero-order valence-electron chi connectivity index (χ0n) is 18.7. The van der Waals surface area contributed by atoms with Gasteiger partial charge in [0.2, 0.25) is 0 Å². The molecule has 9 heteroatoms. The Morgan fingerprint density at radius 2 is 1.76 bits per heavy atom. The average Bonchev–Trinajstić information content (AvgIpc) is 3.16. The van der Waals surface area contributed by atoms with Gasteiger partial charge in [-0.15, -0.1) is 4.40 Å².